The van der Waals surface area contributed by atoms with Crippen molar-refractivity contribution in [3.05, 3.63) is 35.9 Å². The molecule has 0 spiro atoms. The number of carbonyl (C=O) groups is 1. The number of piperazine rings is 1. The maximum atomic E-state index is 14.1. The van der Waals surface area contributed by atoms with Gasteiger partial charge in [-0.3, -0.25) is 9.78 Å². The molecule has 1 fully saturated rings. The van der Waals surface area contributed by atoms with Crippen LogP contribution in [0.5, 0.6) is 0 Å². The van der Waals surface area contributed by atoms with E-state index in [0.29, 0.717) is 24.2 Å². The van der Waals surface area contributed by atoms with Gasteiger partial charge in [0.2, 0.25) is 0 Å². The molecule has 6 heteroatoms. The van der Waals surface area contributed by atoms with Crippen LogP contribution in [0.3, 0.4) is 0 Å². The second-order valence-corrected chi connectivity index (χ2v) is 4.76. The summed E-state index contributed by atoms with van der Waals surface area (Å²) < 4.78 is 14.1. The summed E-state index contributed by atoms with van der Waals surface area (Å²) >= 11 is 0. The number of benzene rings is 1. The molecule has 1 aromatic carbocycles. The van der Waals surface area contributed by atoms with Crippen LogP contribution in [0.1, 0.15) is 10.5 Å². The third-order valence-corrected chi connectivity index (χ3v) is 3.52. The molecule has 1 amide bonds. The van der Waals surface area contributed by atoms with Gasteiger partial charge in [0.25, 0.3) is 5.91 Å². The quantitative estimate of drug-likeness (QED) is 0.761. The fraction of sp³-hybridized carbons (Fsp3) is 0.286. The first-order valence-corrected chi connectivity index (χ1v) is 6.51. The zero-order chi connectivity index (χ0) is 14.1. The molecule has 0 radical (unpaired) electrons. The monoisotopic (exact) mass is 274 g/mol. The minimum atomic E-state index is -0.471. The van der Waals surface area contributed by atoms with E-state index in [9.17, 15) is 9.18 Å². The molecule has 2 heterocycles. The van der Waals surface area contributed by atoms with Crippen molar-refractivity contribution < 1.29 is 9.18 Å². The maximum absolute atomic E-state index is 14.1. The Labute approximate surface area is 115 Å². The largest absolute Gasteiger partial charge is 0.398 e. The van der Waals surface area contributed by atoms with Gasteiger partial charge in [-0.15, -0.1) is 0 Å². The Bertz CT molecular complexity index is 668. The third-order valence-electron chi connectivity index (χ3n) is 3.52. The first-order chi connectivity index (χ1) is 9.68. The van der Waals surface area contributed by atoms with Crippen molar-refractivity contribution in [2.75, 3.05) is 31.9 Å². The van der Waals surface area contributed by atoms with E-state index in [1.54, 1.807) is 11.0 Å². The number of anilines is 1. The number of pyridine rings is 1. The van der Waals surface area contributed by atoms with Gasteiger partial charge in [0, 0.05) is 43.4 Å². The summed E-state index contributed by atoms with van der Waals surface area (Å²) in [5.41, 5.74) is 6.42. The second-order valence-electron chi connectivity index (χ2n) is 4.76. The van der Waals surface area contributed by atoms with Crippen molar-refractivity contribution in [1.29, 1.82) is 0 Å². The van der Waals surface area contributed by atoms with E-state index in [0.717, 1.165) is 13.1 Å². The van der Waals surface area contributed by atoms with Crippen LogP contribution >= 0.6 is 0 Å². The number of fused-ring (bicyclic) bond motifs is 1. The standard InChI is InChI=1S/C14H15FN4O/c15-10-1-2-11(16)9-3-4-18-13(12(9)10)14(20)19-7-5-17-6-8-19/h1-4,17H,5-8,16H2. The fourth-order valence-electron chi connectivity index (χ4n) is 2.46. The molecule has 0 aliphatic carbocycles. The predicted molar refractivity (Wildman–Crippen MR) is 74.9 cm³/mol. The Morgan fingerprint density at radius 1 is 1.30 bits per heavy atom. The number of hydrogen-bond acceptors (Lipinski definition) is 4. The average molecular weight is 274 g/mol. The third kappa shape index (κ3) is 2.08. The SMILES string of the molecule is Nc1ccc(F)c2c(C(=O)N3CCNCC3)nccc12. The van der Waals surface area contributed by atoms with Gasteiger partial charge >= 0.3 is 0 Å². The first kappa shape index (κ1) is 12.8. The predicted octanol–water partition coefficient (Wildman–Crippen LogP) is 1.00. The topological polar surface area (TPSA) is 71.2 Å². The van der Waals surface area contributed by atoms with Crippen LogP contribution in [0.25, 0.3) is 10.8 Å². The number of nitrogen functional groups attached to an aromatic ring is 1. The number of aromatic nitrogens is 1. The fourth-order valence-corrected chi connectivity index (χ4v) is 2.46. The Morgan fingerprint density at radius 3 is 2.80 bits per heavy atom. The van der Waals surface area contributed by atoms with E-state index in [-0.39, 0.29) is 17.0 Å². The highest BCUT2D eigenvalue weighted by molar-refractivity contribution is 6.08. The molecule has 20 heavy (non-hydrogen) atoms. The first-order valence-electron chi connectivity index (χ1n) is 6.51. The molecule has 104 valence electrons. The molecule has 0 unspecified atom stereocenters. The van der Waals surface area contributed by atoms with E-state index in [1.807, 2.05) is 0 Å². The summed E-state index contributed by atoms with van der Waals surface area (Å²) in [4.78, 5) is 18.3. The maximum Gasteiger partial charge on any atom is 0.273 e. The number of nitrogens with zero attached hydrogens (tertiary/aromatic N) is 2. The number of halogens is 1. The highest BCUT2D eigenvalue weighted by Crippen LogP contribution is 2.26. The highest BCUT2D eigenvalue weighted by Gasteiger charge is 2.23. The van der Waals surface area contributed by atoms with Crippen LogP contribution in [0, 0.1) is 5.82 Å². The summed E-state index contributed by atoms with van der Waals surface area (Å²) in [5.74, 6) is -0.720. The van der Waals surface area contributed by atoms with E-state index >= 15 is 0 Å². The zero-order valence-corrected chi connectivity index (χ0v) is 10.9. The minimum absolute atomic E-state index is 0.134. The molecule has 1 aliphatic rings. The zero-order valence-electron chi connectivity index (χ0n) is 10.9. The van der Waals surface area contributed by atoms with Gasteiger partial charge in [-0.2, -0.15) is 0 Å². The Hall–Kier alpha value is -2.21. The molecule has 0 saturated carbocycles. The van der Waals surface area contributed by atoms with Crippen LogP contribution in [-0.2, 0) is 0 Å². The van der Waals surface area contributed by atoms with Crippen LogP contribution in [0.15, 0.2) is 24.4 Å². The molecule has 3 rings (SSSR count). The number of nitrogens with one attached hydrogen (secondary N) is 1. The lowest BCUT2D eigenvalue weighted by atomic mass is 10.1. The Morgan fingerprint density at radius 2 is 2.05 bits per heavy atom. The molecule has 5 nitrogen and oxygen atoms in total. The molecular formula is C14H15FN4O. The van der Waals surface area contributed by atoms with E-state index in [4.69, 9.17) is 5.73 Å². The Balaban J connectivity index is 2.11. The van der Waals surface area contributed by atoms with Crippen LogP contribution in [-0.4, -0.2) is 42.0 Å². The summed E-state index contributed by atoms with van der Waals surface area (Å²) in [7, 11) is 0. The number of carbonyl (C=O) groups excluding carboxylic acids is 1. The van der Waals surface area contributed by atoms with Crippen molar-refractivity contribution >= 4 is 22.4 Å². The lowest BCUT2D eigenvalue weighted by molar-refractivity contribution is 0.0732. The van der Waals surface area contributed by atoms with Crippen molar-refractivity contribution in [2.45, 2.75) is 0 Å². The Kier molecular flexibility index (Phi) is 3.23. The molecule has 1 aromatic heterocycles. The lowest BCUT2D eigenvalue weighted by Gasteiger charge is -2.27. The molecule has 2 aromatic rings. The van der Waals surface area contributed by atoms with Gasteiger partial charge in [-0.25, -0.2) is 4.39 Å². The minimum Gasteiger partial charge on any atom is -0.398 e. The number of hydrogen-bond donors (Lipinski definition) is 2. The van der Waals surface area contributed by atoms with Crippen molar-refractivity contribution in [3.8, 4) is 0 Å². The highest BCUT2D eigenvalue weighted by atomic mass is 19.1. The number of rotatable bonds is 1. The van der Waals surface area contributed by atoms with E-state index < -0.39 is 5.82 Å². The van der Waals surface area contributed by atoms with Gasteiger partial charge in [0.1, 0.15) is 11.5 Å². The second kappa shape index (κ2) is 5.05. The van der Waals surface area contributed by atoms with Gasteiger partial charge in [0.05, 0.1) is 5.39 Å². The van der Waals surface area contributed by atoms with Crippen LogP contribution < -0.4 is 11.1 Å². The summed E-state index contributed by atoms with van der Waals surface area (Å²) in [6, 6.07) is 4.40. The molecule has 1 aliphatic heterocycles. The van der Waals surface area contributed by atoms with Gasteiger partial charge < -0.3 is 16.0 Å². The molecule has 0 bridgehead atoms. The van der Waals surface area contributed by atoms with Crippen LogP contribution in [0.4, 0.5) is 10.1 Å². The van der Waals surface area contributed by atoms with E-state index in [1.165, 1.54) is 18.3 Å². The summed E-state index contributed by atoms with van der Waals surface area (Å²) in [6.07, 6.45) is 1.49. The smallest absolute Gasteiger partial charge is 0.273 e. The number of amides is 1. The van der Waals surface area contributed by atoms with Gasteiger partial charge in [-0.05, 0) is 18.2 Å². The summed E-state index contributed by atoms with van der Waals surface area (Å²) in [6.45, 7) is 2.67. The number of nitrogens with two attached hydrogens (primary N) is 1. The molecule has 0 atom stereocenters. The summed E-state index contributed by atoms with van der Waals surface area (Å²) in [5, 5.41) is 3.90. The van der Waals surface area contributed by atoms with Crippen molar-refractivity contribution in [1.82, 2.24) is 15.2 Å². The molecule has 1 saturated heterocycles. The van der Waals surface area contributed by atoms with Crippen LogP contribution in [0.2, 0.25) is 0 Å². The van der Waals surface area contributed by atoms with Crippen molar-refractivity contribution in [2.24, 2.45) is 0 Å². The van der Waals surface area contributed by atoms with Gasteiger partial charge in [-0.1, -0.05) is 0 Å². The lowest BCUT2D eigenvalue weighted by Crippen LogP contribution is -2.46. The average Bonchev–Trinajstić information content (AvgIpc) is 2.51. The van der Waals surface area contributed by atoms with Gasteiger partial charge in [0.15, 0.2) is 0 Å². The van der Waals surface area contributed by atoms with Crippen molar-refractivity contribution in [3.63, 3.8) is 0 Å². The van der Waals surface area contributed by atoms with E-state index in [2.05, 4.69) is 10.3 Å². The molecule has 3 N–H and O–H groups in total. The molecular weight excluding hydrogens is 259 g/mol. The normalized spacial score (nSPS) is 15.6.